The topological polar surface area (TPSA) is 77.8 Å². The first-order valence-corrected chi connectivity index (χ1v) is 10.4. The van der Waals surface area contributed by atoms with Gasteiger partial charge in [0.25, 0.3) is 0 Å². The second-order valence-electron chi connectivity index (χ2n) is 7.82. The molecule has 156 valence electrons. The molecule has 1 aromatic rings. The third-order valence-corrected chi connectivity index (χ3v) is 4.44. The number of rotatable bonds is 11. The minimum Gasteiger partial charge on any atom is -0.478 e. The van der Waals surface area contributed by atoms with E-state index in [1.807, 2.05) is 6.07 Å². The SMILES string of the molecule is CC(C)CC(O)CC(C)O.CCCCc1cccc(C(=O)O)c1CCCC. The Kier molecular flexibility index (Phi) is 13.9. The minimum atomic E-state index is -0.797. The summed E-state index contributed by atoms with van der Waals surface area (Å²) in [7, 11) is 0. The van der Waals surface area contributed by atoms with Gasteiger partial charge >= 0.3 is 5.97 Å². The quantitative estimate of drug-likeness (QED) is 0.491. The van der Waals surface area contributed by atoms with E-state index < -0.39 is 5.97 Å². The molecular weight excluding hydrogens is 340 g/mol. The number of hydrogen-bond donors (Lipinski definition) is 3. The molecule has 0 spiro atoms. The van der Waals surface area contributed by atoms with Crippen molar-refractivity contribution in [1.29, 1.82) is 0 Å². The first kappa shape index (κ1) is 25.6. The zero-order valence-corrected chi connectivity index (χ0v) is 17.9. The van der Waals surface area contributed by atoms with Crippen molar-refractivity contribution < 1.29 is 20.1 Å². The van der Waals surface area contributed by atoms with Gasteiger partial charge in [0.2, 0.25) is 0 Å². The number of carboxylic acids is 1. The molecule has 3 N–H and O–H groups in total. The number of benzene rings is 1. The Morgan fingerprint density at radius 2 is 1.56 bits per heavy atom. The van der Waals surface area contributed by atoms with Crippen LogP contribution in [-0.4, -0.2) is 33.5 Å². The molecule has 0 aromatic heterocycles. The number of carboxylic acid groups (broad SMARTS) is 1. The number of aryl methyl sites for hydroxylation is 1. The molecule has 1 aromatic carbocycles. The van der Waals surface area contributed by atoms with Crippen LogP contribution in [0.2, 0.25) is 0 Å². The predicted molar refractivity (Wildman–Crippen MR) is 112 cm³/mol. The van der Waals surface area contributed by atoms with E-state index in [2.05, 4.69) is 33.8 Å². The Morgan fingerprint density at radius 3 is 2.04 bits per heavy atom. The fourth-order valence-electron chi connectivity index (χ4n) is 3.12. The normalized spacial score (nSPS) is 13.0. The molecule has 0 saturated carbocycles. The molecule has 4 heteroatoms. The van der Waals surface area contributed by atoms with Crippen molar-refractivity contribution in [2.24, 2.45) is 5.92 Å². The molecule has 0 aliphatic heterocycles. The summed E-state index contributed by atoms with van der Waals surface area (Å²) in [4.78, 5) is 11.2. The summed E-state index contributed by atoms with van der Waals surface area (Å²) < 4.78 is 0. The van der Waals surface area contributed by atoms with Gasteiger partial charge in [-0.05, 0) is 68.6 Å². The van der Waals surface area contributed by atoms with Crippen molar-refractivity contribution in [3.05, 3.63) is 34.9 Å². The Balaban J connectivity index is 0.000000580. The van der Waals surface area contributed by atoms with E-state index in [1.165, 1.54) is 5.56 Å². The molecule has 0 heterocycles. The van der Waals surface area contributed by atoms with Crippen molar-refractivity contribution in [2.75, 3.05) is 0 Å². The van der Waals surface area contributed by atoms with Gasteiger partial charge in [-0.1, -0.05) is 52.7 Å². The van der Waals surface area contributed by atoms with E-state index in [0.717, 1.165) is 50.5 Å². The first-order valence-electron chi connectivity index (χ1n) is 10.4. The van der Waals surface area contributed by atoms with Crippen LogP contribution in [-0.2, 0) is 12.8 Å². The minimum absolute atomic E-state index is 0.333. The average Bonchev–Trinajstić information content (AvgIpc) is 2.57. The van der Waals surface area contributed by atoms with Crippen LogP contribution in [0.15, 0.2) is 18.2 Å². The van der Waals surface area contributed by atoms with Crippen LogP contribution in [0.1, 0.15) is 94.6 Å². The van der Waals surface area contributed by atoms with E-state index in [0.29, 0.717) is 17.9 Å². The predicted octanol–water partition coefficient (Wildman–Crippen LogP) is 5.23. The maximum Gasteiger partial charge on any atom is 0.335 e. The molecule has 0 fully saturated rings. The highest BCUT2D eigenvalue weighted by molar-refractivity contribution is 5.89. The Labute approximate surface area is 165 Å². The van der Waals surface area contributed by atoms with Gasteiger partial charge < -0.3 is 15.3 Å². The highest BCUT2D eigenvalue weighted by atomic mass is 16.4. The molecule has 4 nitrogen and oxygen atoms in total. The van der Waals surface area contributed by atoms with Crippen LogP contribution in [0.3, 0.4) is 0 Å². The molecule has 0 aliphatic carbocycles. The van der Waals surface area contributed by atoms with Crippen LogP contribution in [0.5, 0.6) is 0 Å². The lowest BCUT2D eigenvalue weighted by Crippen LogP contribution is -2.16. The Morgan fingerprint density at radius 1 is 0.963 bits per heavy atom. The number of aliphatic hydroxyl groups excluding tert-OH is 2. The lowest BCUT2D eigenvalue weighted by Gasteiger charge is -2.13. The monoisotopic (exact) mass is 380 g/mol. The molecule has 1 rings (SSSR count). The van der Waals surface area contributed by atoms with Crippen molar-refractivity contribution in [2.45, 2.75) is 98.2 Å². The van der Waals surface area contributed by atoms with Gasteiger partial charge in [0.15, 0.2) is 0 Å². The van der Waals surface area contributed by atoms with Crippen molar-refractivity contribution in [3.8, 4) is 0 Å². The summed E-state index contributed by atoms with van der Waals surface area (Å²) in [5.41, 5.74) is 2.77. The Hall–Kier alpha value is -1.39. The van der Waals surface area contributed by atoms with Gasteiger partial charge in [0.1, 0.15) is 0 Å². The zero-order valence-electron chi connectivity index (χ0n) is 17.9. The summed E-state index contributed by atoms with van der Waals surface area (Å²) in [6, 6.07) is 5.67. The van der Waals surface area contributed by atoms with Crippen LogP contribution in [0, 0.1) is 5.92 Å². The largest absolute Gasteiger partial charge is 0.478 e. The molecule has 0 amide bonds. The summed E-state index contributed by atoms with van der Waals surface area (Å²) >= 11 is 0. The van der Waals surface area contributed by atoms with Crippen LogP contribution >= 0.6 is 0 Å². The number of unbranched alkanes of at least 4 members (excludes halogenated alkanes) is 2. The van der Waals surface area contributed by atoms with Gasteiger partial charge in [0, 0.05) is 0 Å². The maximum atomic E-state index is 11.2. The van der Waals surface area contributed by atoms with Crippen LogP contribution in [0.4, 0.5) is 0 Å². The smallest absolute Gasteiger partial charge is 0.335 e. The average molecular weight is 381 g/mol. The maximum absolute atomic E-state index is 11.2. The molecule has 0 radical (unpaired) electrons. The molecule has 27 heavy (non-hydrogen) atoms. The summed E-state index contributed by atoms with van der Waals surface area (Å²) in [6.45, 7) is 10.1. The number of carbonyl (C=O) groups is 1. The lowest BCUT2D eigenvalue weighted by molar-refractivity contribution is 0.0694. The van der Waals surface area contributed by atoms with E-state index in [1.54, 1.807) is 13.0 Å². The second-order valence-corrected chi connectivity index (χ2v) is 7.82. The third kappa shape index (κ3) is 11.8. The van der Waals surface area contributed by atoms with Gasteiger partial charge in [0.05, 0.1) is 17.8 Å². The summed E-state index contributed by atoms with van der Waals surface area (Å²) in [5.74, 6) is -0.289. The van der Waals surface area contributed by atoms with E-state index in [4.69, 9.17) is 5.11 Å². The fraction of sp³-hybridized carbons (Fsp3) is 0.696. The molecule has 2 atom stereocenters. The molecular formula is C23H40O4. The highest BCUT2D eigenvalue weighted by Gasteiger charge is 2.13. The molecule has 0 saturated heterocycles. The van der Waals surface area contributed by atoms with E-state index >= 15 is 0 Å². The lowest BCUT2D eigenvalue weighted by atomic mass is 9.93. The van der Waals surface area contributed by atoms with Crippen molar-refractivity contribution in [1.82, 2.24) is 0 Å². The van der Waals surface area contributed by atoms with E-state index in [-0.39, 0.29) is 12.2 Å². The van der Waals surface area contributed by atoms with Gasteiger partial charge in [-0.25, -0.2) is 4.79 Å². The number of hydrogen-bond acceptors (Lipinski definition) is 3. The molecule has 0 aliphatic rings. The summed E-state index contributed by atoms with van der Waals surface area (Å²) in [6.07, 6.45) is 6.88. The van der Waals surface area contributed by atoms with Gasteiger partial charge in [-0.3, -0.25) is 0 Å². The summed E-state index contributed by atoms with van der Waals surface area (Å²) in [5, 5.41) is 27.3. The Bertz CT molecular complexity index is 513. The zero-order chi connectivity index (χ0) is 20.8. The molecule has 2 unspecified atom stereocenters. The second kappa shape index (κ2) is 14.6. The van der Waals surface area contributed by atoms with Gasteiger partial charge in [-0.15, -0.1) is 0 Å². The molecule has 0 bridgehead atoms. The van der Waals surface area contributed by atoms with Crippen LogP contribution < -0.4 is 0 Å². The fourth-order valence-corrected chi connectivity index (χ4v) is 3.12. The van der Waals surface area contributed by atoms with Crippen molar-refractivity contribution >= 4 is 5.97 Å². The van der Waals surface area contributed by atoms with Gasteiger partial charge in [-0.2, -0.15) is 0 Å². The first-order chi connectivity index (χ1) is 12.7. The van der Waals surface area contributed by atoms with Crippen LogP contribution in [0.25, 0.3) is 0 Å². The van der Waals surface area contributed by atoms with Crippen molar-refractivity contribution in [3.63, 3.8) is 0 Å². The third-order valence-electron chi connectivity index (χ3n) is 4.44. The standard InChI is InChI=1S/C15H22O2.C8H18O2/c1-3-5-8-12-9-7-11-14(15(16)17)13(12)10-6-4-2;1-6(2)4-8(10)5-7(3)9/h7,9,11H,3-6,8,10H2,1-2H3,(H,16,17);6-10H,4-5H2,1-3H3. The number of aromatic carboxylic acids is 1. The van der Waals surface area contributed by atoms with E-state index in [9.17, 15) is 15.0 Å². The highest BCUT2D eigenvalue weighted by Crippen LogP contribution is 2.20. The number of aliphatic hydroxyl groups is 2.